The molecule has 1 aromatic rings. The second-order valence-corrected chi connectivity index (χ2v) is 7.70. The minimum atomic E-state index is -0.364. The zero-order chi connectivity index (χ0) is 18.9. The van der Waals surface area contributed by atoms with E-state index in [1.165, 1.54) is 30.2 Å². The highest BCUT2D eigenvalue weighted by Crippen LogP contribution is 2.26. The quantitative estimate of drug-likeness (QED) is 0.635. The highest BCUT2D eigenvalue weighted by molar-refractivity contribution is 9.10. The van der Waals surface area contributed by atoms with E-state index < -0.39 is 0 Å². The molecule has 0 radical (unpaired) electrons. The van der Waals surface area contributed by atoms with Gasteiger partial charge in [-0.1, -0.05) is 41.3 Å². The molecule has 0 atom stereocenters. The lowest BCUT2D eigenvalue weighted by Crippen LogP contribution is -2.40. The van der Waals surface area contributed by atoms with Gasteiger partial charge >= 0.3 is 0 Å². The van der Waals surface area contributed by atoms with Crippen molar-refractivity contribution in [3.8, 4) is 0 Å². The zero-order valence-electron chi connectivity index (χ0n) is 15.0. The Morgan fingerprint density at radius 1 is 1.31 bits per heavy atom. The first kappa shape index (κ1) is 20.6. The van der Waals surface area contributed by atoms with Crippen molar-refractivity contribution in [3.05, 3.63) is 46.7 Å². The summed E-state index contributed by atoms with van der Waals surface area (Å²) in [5, 5.41) is 2.71. The Morgan fingerprint density at radius 3 is 2.73 bits per heavy atom. The van der Waals surface area contributed by atoms with E-state index >= 15 is 0 Å². The lowest BCUT2D eigenvalue weighted by Gasteiger charge is -2.23. The molecule has 1 N–H and O–H groups in total. The Labute approximate surface area is 163 Å². The maximum absolute atomic E-state index is 14.0. The van der Waals surface area contributed by atoms with Gasteiger partial charge in [0.15, 0.2) is 0 Å². The minimum Gasteiger partial charge on any atom is -0.347 e. The van der Waals surface area contributed by atoms with E-state index in [9.17, 15) is 14.0 Å². The van der Waals surface area contributed by atoms with Crippen molar-refractivity contribution in [1.29, 1.82) is 0 Å². The highest BCUT2D eigenvalue weighted by Gasteiger charge is 2.19. The van der Waals surface area contributed by atoms with Crippen molar-refractivity contribution in [2.45, 2.75) is 45.1 Å². The van der Waals surface area contributed by atoms with Crippen LogP contribution < -0.4 is 5.32 Å². The largest absolute Gasteiger partial charge is 0.347 e. The van der Waals surface area contributed by atoms with Gasteiger partial charge in [0.25, 0.3) is 0 Å². The molecule has 1 aliphatic carbocycles. The van der Waals surface area contributed by atoms with Crippen molar-refractivity contribution < 1.29 is 14.0 Å². The van der Waals surface area contributed by atoms with E-state index in [2.05, 4.69) is 27.8 Å². The summed E-state index contributed by atoms with van der Waals surface area (Å²) < 4.78 is 14.7. The molecule has 26 heavy (non-hydrogen) atoms. The van der Waals surface area contributed by atoms with Gasteiger partial charge in [0.2, 0.25) is 11.8 Å². The Hall–Kier alpha value is -1.69. The van der Waals surface area contributed by atoms with Crippen LogP contribution in [-0.2, 0) is 16.1 Å². The van der Waals surface area contributed by atoms with Crippen LogP contribution in [0.3, 0.4) is 0 Å². The summed E-state index contributed by atoms with van der Waals surface area (Å²) in [7, 11) is 0. The summed E-state index contributed by atoms with van der Waals surface area (Å²) in [6.07, 6.45) is 7.87. The third kappa shape index (κ3) is 6.56. The van der Waals surface area contributed by atoms with Gasteiger partial charge in [-0.25, -0.2) is 4.39 Å². The van der Waals surface area contributed by atoms with E-state index in [1.54, 1.807) is 18.2 Å². The molecule has 0 bridgehead atoms. The van der Waals surface area contributed by atoms with E-state index in [0.717, 1.165) is 17.3 Å². The number of nitrogens with zero attached hydrogens (tertiary/aromatic N) is 1. The van der Waals surface area contributed by atoms with Crippen LogP contribution in [0, 0.1) is 11.7 Å². The SMILES string of the molecule is C=CCN(Cc1cc(Br)ccc1F)C(=O)CNC(=O)CC1CCCCC1. The lowest BCUT2D eigenvalue weighted by atomic mass is 9.87. The molecule has 0 heterocycles. The summed E-state index contributed by atoms with van der Waals surface area (Å²) in [5.74, 6) is -0.269. The standard InChI is InChI=1S/C20H26BrFN2O2/c1-2-10-24(14-16-12-17(21)8-9-18(16)22)20(26)13-23-19(25)11-15-6-4-3-5-7-15/h2,8-9,12,15H,1,3-7,10-11,13-14H2,(H,23,25). The van der Waals surface area contributed by atoms with Crippen LogP contribution >= 0.6 is 15.9 Å². The third-order valence-electron chi connectivity index (χ3n) is 4.71. The van der Waals surface area contributed by atoms with E-state index in [-0.39, 0.29) is 30.7 Å². The number of hydrogen-bond donors (Lipinski definition) is 1. The molecule has 0 aromatic heterocycles. The topological polar surface area (TPSA) is 49.4 Å². The van der Waals surface area contributed by atoms with Gasteiger partial charge in [-0.05, 0) is 37.0 Å². The average Bonchev–Trinajstić information content (AvgIpc) is 2.63. The minimum absolute atomic E-state index is 0.0744. The summed E-state index contributed by atoms with van der Waals surface area (Å²) in [6, 6.07) is 4.63. The number of nitrogens with one attached hydrogen (secondary N) is 1. The predicted molar refractivity (Wildman–Crippen MR) is 104 cm³/mol. The monoisotopic (exact) mass is 424 g/mol. The van der Waals surface area contributed by atoms with E-state index in [1.807, 2.05) is 0 Å². The maximum Gasteiger partial charge on any atom is 0.242 e. The number of hydrogen-bond acceptors (Lipinski definition) is 2. The fourth-order valence-electron chi connectivity index (χ4n) is 3.29. The van der Waals surface area contributed by atoms with Crippen molar-refractivity contribution in [3.63, 3.8) is 0 Å². The van der Waals surface area contributed by atoms with Gasteiger partial charge in [-0.3, -0.25) is 9.59 Å². The number of benzene rings is 1. The molecule has 1 aromatic carbocycles. The molecule has 0 aliphatic heterocycles. The van der Waals surface area contributed by atoms with Crippen molar-refractivity contribution >= 4 is 27.7 Å². The predicted octanol–water partition coefficient (Wildman–Crippen LogP) is 4.19. The first-order valence-corrected chi connectivity index (χ1v) is 9.88. The van der Waals surface area contributed by atoms with Crippen molar-refractivity contribution in [2.24, 2.45) is 5.92 Å². The first-order valence-electron chi connectivity index (χ1n) is 9.09. The van der Waals surface area contributed by atoms with Crippen LogP contribution in [0.15, 0.2) is 35.3 Å². The molecule has 1 fully saturated rings. The Balaban J connectivity index is 1.87. The second kappa shape index (κ2) is 10.5. The maximum atomic E-state index is 14.0. The second-order valence-electron chi connectivity index (χ2n) is 6.78. The Kier molecular flexibility index (Phi) is 8.29. The normalized spacial score (nSPS) is 14.7. The lowest BCUT2D eigenvalue weighted by molar-refractivity contribution is -0.133. The Morgan fingerprint density at radius 2 is 2.04 bits per heavy atom. The number of carbonyl (C=O) groups excluding carboxylic acids is 2. The molecule has 2 rings (SSSR count). The van der Waals surface area contributed by atoms with Gasteiger partial charge in [0.05, 0.1) is 6.54 Å². The summed E-state index contributed by atoms with van der Waals surface area (Å²) in [5.41, 5.74) is 0.420. The molecule has 4 nitrogen and oxygen atoms in total. The zero-order valence-corrected chi connectivity index (χ0v) is 16.6. The van der Waals surface area contributed by atoms with Gasteiger partial charge < -0.3 is 10.2 Å². The van der Waals surface area contributed by atoms with Crippen LogP contribution in [0.1, 0.15) is 44.1 Å². The van der Waals surface area contributed by atoms with E-state index in [4.69, 9.17) is 0 Å². The number of halogens is 2. The van der Waals surface area contributed by atoms with Crippen molar-refractivity contribution in [1.82, 2.24) is 10.2 Å². The smallest absolute Gasteiger partial charge is 0.242 e. The fraction of sp³-hybridized carbons (Fsp3) is 0.500. The van der Waals surface area contributed by atoms with Crippen LogP contribution in [0.25, 0.3) is 0 Å². The van der Waals surface area contributed by atoms with Gasteiger partial charge in [0.1, 0.15) is 5.82 Å². The third-order valence-corrected chi connectivity index (χ3v) is 5.20. The van der Waals surface area contributed by atoms with E-state index in [0.29, 0.717) is 24.4 Å². The number of carbonyl (C=O) groups is 2. The Bertz CT molecular complexity index is 645. The molecule has 0 saturated heterocycles. The molecule has 1 saturated carbocycles. The highest BCUT2D eigenvalue weighted by atomic mass is 79.9. The van der Waals surface area contributed by atoms with Crippen molar-refractivity contribution in [2.75, 3.05) is 13.1 Å². The molecule has 142 valence electrons. The molecular formula is C20H26BrFN2O2. The van der Waals surface area contributed by atoms with Gasteiger partial charge in [-0.2, -0.15) is 0 Å². The molecule has 0 spiro atoms. The molecule has 0 unspecified atom stereocenters. The first-order chi connectivity index (χ1) is 12.5. The molecule has 6 heteroatoms. The summed E-state index contributed by atoms with van der Waals surface area (Å²) in [6.45, 7) is 4.01. The number of amides is 2. The van der Waals surface area contributed by atoms with Crippen LogP contribution in [-0.4, -0.2) is 29.8 Å². The van der Waals surface area contributed by atoms with Crippen LogP contribution in [0.4, 0.5) is 4.39 Å². The summed E-state index contributed by atoms with van der Waals surface area (Å²) >= 11 is 3.31. The molecule has 2 amide bonds. The number of rotatable bonds is 8. The van der Waals surface area contributed by atoms with Crippen LogP contribution in [0.2, 0.25) is 0 Å². The molecule has 1 aliphatic rings. The van der Waals surface area contributed by atoms with Crippen LogP contribution in [0.5, 0.6) is 0 Å². The van der Waals surface area contributed by atoms with Gasteiger partial charge in [-0.15, -0.1) is 6.58 Å². The summed E-state index contributed by atoms with van der Waals surface area (Å²) in [4.78, 5) is 26.0. The molecular weight excluding hydrogens is 399 g/mol. The average molecular weight is 425 g/mol. The fourth-order valence-corrected chi connectivity index (χ4v) is 3.70. The van der Waals surface area contributed by atoms with Gasteiger partial charge in [0, 0.05) is 29.5 Å².